The van der Waals surface area contributed by atoms with E-state index in [1.54, 1.807) is 0 Å². The summed E-state index contributed by atoms with van der Waals surface area (Å²) in [5.74, 6) is -0.800. The minimum Gasteiger partial charge on any atom is -0.481 e. The fourth-order valence-corrected chi connectivity index (χ4v) is 2.79. The van der Waals surface area contributed by atoms with Gasteiger partial charge in [0.25, 0.3) is 0 Å². The van der Waals surface area contributed by atoms with E-state index in [1.807, 2.05) is 6.92 Å². The minimum absolute atomic E-state index is 0.0136. The van der Waals surface area contributed by atoms with Crippen LogP contribution in [-0.2, 0) is 9.59 Å². The molecule has 102 valence electrons. The van der Waals surface area contributed by atoms with E-state index in [1.165, 1.54) is 0 Å². The maximum Gasteiger partial charge on any atom is 0.308 e. The summed E-state index contributed by atoms with van der Waals surface area (Å²) in [4.78, 5) is 23.2. The van der Waals surface area contributed by atoms with Crippen LogP contribution in [0.15, 0.2) is 0 Å². The number of carboxylic acids is 1. The molecule has 2 rings (SSSR count). The van der Waals surface area contributed by atoms with Gasteiger partial charge >= 0.3 is 5.97 Å². The Morgan fingerprint density at radius 2 is 1.94 bits per heavy atom. The van der Waals surface area contributed by atoms with Crippen LogP contribution < -0.4 is 10.6 Å². The highest BCUT2D eigenvalue weighted by molar-refractivity contribution is 5.80. The topological polar surface area (TPSA) is 78.4 Å². The molecule has 1 saturated heterocycles. The second-order valence-corrected chi connectivity index (χ2v) is 5.55. The summed E-state index contributed by atoms with van der Waals surface area (Å²) in [6.07, 6.45) is 3.43. The van der Waals surface area contributed by atoms with Gasteiger partial charge in [0.15, 0.2) is 0 Å². The molecule has 3 N–H and O–H groups in total. The van der Waals surface area contributed by atoms with Crippen molar-refractivity contribution in [1.29, 1.82) is 0 Å². The second-order valence-electron chi connectivity index (χ2n) is 5.55. The van der Waals surface area contributed by atoms with Gasteiger partial charge < -0.3 is 15.7 Å². The van der Waals surface area contributed by atoms with Gasteiger partial charge in [-0.15, -0.1) is 0 Å². The maximum absolute atomic E-state index is 12.1. The Bertz CT molecular complexity index is 328. The summed E-state index contributed by atoms with van der Waals surface area (Å²) in [5.41, 5.74) is 0. The van der Waals surface area contributed by atoms with Crippen LogP contribution >= 0.6 is 0 Å². The minimum atomic E-state index is -0.780. The van der Waals surface area contributed by atoms with E-state index in [9.17, 15) is 9.59 Å². The maximum atomic E-state index is 12.1. The molecular weight excluding hydrogens is 232 g/mol. The number of hydrogen-bond acceptors (Lipinski definition) is 3. The zero-order valence-electron chi connectivity index (χ0n) is 10.8. The highest BCUT2D eigenvalue weighted by Crippen LogP contribution is 2.25. The lowest BCUT2D eigenvalue weighted by Gasteiger charge is -2.34. The lowest BCUT2D eigenvalue weighted by atomic mass is 9.83. The van der Waals surface area contributed by atoms with E-state index in [0.29, 0.717) is 12.3 Å². The monoisotopic (exact) mass is 254 g/mol. The quantitative estimate of drug-likeness (QED) is 0.686. The van der Waals surface area contributed by atoms with Gasteiger partial charge in [-0.2, -0.15) is 0 Å². The van der Waals surface area contributed by atoms with Crippen molar-refractivity contribution in [2.24, 2.45) is 17.8 Å². The molecule has 3 atom stereocenters. The smallest absolute Gasteiger partial charge is 0.308 e. The molecule has 0 radical (unpaired) electrons. The van der Waals surface area contributed by atoms with Gasteiger partial charge in [0.2, 0.25) is 5.91 Å². The predicted molar refractivity (Wildman–Crippen MR) is 67.0 cm³/mol. The number of nitrogens with one attached hydrogen (secondary N) is 2. The lowest BCUT2D eigenvalue weighted by Crippen LogP contribution is -2.53. The van der Waals surface area contributed by atoms with E-state index in [0.717, 1.165) is 32.4 Å². The molecule has 1 heterocycles. The lowest BCUT2D eigenvalue weighted by molar-refractivity contribution is -0.144. The van der Waals surface area contributed by atoms with Crippen molar-refractivity contribution >= 4 is 11.9 Å². The Labute approximate surface area is 107 Å². The number of carbonyl (C=O) groups is 2. The van der Waals surface area contributed by atoms with Gasteiger partial charge in [-0.05, 0) is 31.8 Å². The van der Waals surface area contributed by atoms with Gasteiger partial charge in [-0.25, -0.2) is 0 Å². The molecule has 0 aromatic rings. The van der Waals surface area contributed by atoms with Crippen LogP contribution in [0.4, 0.5) is 0 Å². The van der Waals surface area contributed by atoms with Crippen molar-refractivity contribution in [1.82, 2.24) is 10.6 Å². The van der Waals surface area contributed by atoms with Crippen LogP contribution in [0.1, 0.15) is 32.6 Å². The van der Waals surface area contributed by atoms with Gasteiger partial charge in [-0.3, -0.25) is 9.59 Å². The predicted octanol–water partition coefficient (Wildman–Crippen LogP) is 0.602. The van der Waals surface area contributed by atoms with Crippen LogP contribution in [0.5, 0.6) is 0 Å². The fraction of sp³-hybridized carbons (Fsp3) is 0.846. The molecule has 1 amide bonds. The molecule has 2 aliphatic rings. The molecule has 1 aliphatic heterocycles. The van der Waals surface area contributed by atoms with Crippen molar-refractivity contribution in [3.8, 4) is 0 Å². The number of amides is 1. The third-order valence-corrected chi connectivity index (χ3v) is 4.34. The standard InChI is InChI=1S/C13H22N2O3/c1-8(9-6-14-7-9)12(16)15-11-5-3-2-4-10(11)13(17)18/h8-11,14H,2-7H2,1H3,(H,15,16)(H,17,18). The molecular formula is C13H22N2O3. The Kier molecular flexibility index (Phi) is 4.22. The summed E-state index contributed by atoms with van der Waals surface area (Å²) < 4.78 is 0. The van der Waals surface area contributed by atoms with E-state index in [-0.39, 0.29) is 17.9 Å². The number of aliphatic carboxylic acids is 1. The first-order valence-corrected chi connectivity index (χ1v) is 6.83. The number of rotatable bonds is 4. The Morgan fingerprint density at radius 1 is 1.28 bits per heavy atom. The Balaban J connectivity index is 1.89. The fourth-order valence-electron chi connectivity index (χ4n) is 2.79. The van der Waals surface area contributed by atoms with Crippen LogP contribution in [0.25, 0.3) is 0 Å². The van der Waals surface area contributed by atoms with Gasteiger partial charge in [0, 0.05) is 12.0 Å². The van der Waals surface area contributed by atoms with E-state index < -0.39 is 11.9 Å². The number of carboxylic acid groups (broad SMARTS) is 1. The summed E-state index contributed by atoms with van der Waals surface area (Å²) in [7, 11) is 0. The molecule has 0 aromatic heterocycles. The van der Waals surface area contributed by atoms with Crippen molar-refractivity contribution in [3.63, 3.8) is 0 Å². The average Bonchev–Trinajstić information content (AvgIpc) is 2.27. The summed E-state index contributed by atoms with van der Waals surface area (Å²) in [5, 5.41) is 15.3. The van der Waals surface area contributed by atoms with Crippen LogP contribution in [0, 0.1) is 17.8 Å². The zero-order valence-corrected chi connectivity index (χ0v) is 10.8. The molecule has 0 bridgehead atoms. The largest absolute Gasteiger partial charge is 0.481 e. The molecule has 2 fully saturated rings. The first-order valence-electron chi connectivity index (χ1n) is 6.83. The second kappa shape index (κ2) is 5.69. The third kappa shape index (κ3) is 2.83. The first-order chi connectivity index (χ1) is 8.59. The number of hydrogen-bond donors (Lipinski definition) is 3. The zero-order chi connectivity index (χ0) is 13.1. The highest BCUT2D eigenvalue weighted by atomic mass is 16.4. The highest BCUT2D eigenvalue weighted by Gasteiger charge is 2.35. The molecule has 0 aromatic carbocycles. The van der Waals surface area contributed by atoms with Crippen LogP contribution in [0.2, 0.25) is 0 Å². The molecule has 1 aliphatic carbocycles. The normalized spacial score (nSPS) is 30.3. The first kappa shape index (κ1) is 13.3. The van der Waals surface area contributed by atoms with Gasteiger partial charge in [0.05, 0.1) is 5.92 Å². The van der Waals surface area contributed by atoms with Crippen LogP contribution in [-0.4, -0.2) is 36.1 Å². The summed E-state index contributed by atoms with van der Waals surface area (Å²) in [6, 6.07) is -0.181. The molecule has 3 unspecified atom stereocenters. The molecule has 5 heteroatoms. The van der Waals surface area contributed by atoms with E-state index in [2.05, 4.69) is 10.6 Å². The van der Waals surface area contributed by atoms with Crippen molar-refractivity contribution in [3.05, 3.63) is 0 Å². The van der Waals surface area contributed by atoms with Gasteiger partial charge in [0.1, 0.15) is 0 Å². The van der Waals surface area contributed by atoms with Crippen LogP contribution in [0.3, 0.4) is 0 Å². The molecule has 1 saturated carbocycles. The SMILES string of the molecule is CC(C(=O)NC1CCCCC1C(=O)O)C1CNC1. The van der Waals surface area contributed by atoms with Gasteiger partial charge in [-0.1, -0.05) is 19.8 Å². The molecule has 5 nitrogen and oxygen atoms in total. The third-order valence-electron chi connectivity index (χ3n) is 4.34. The van der Waals surface area contributed by atoms with Crippen molar-refractivity contribution in [2.45, 2.75) is 38.6 Å². The van der Waals surface area contributed by atoms with Crippen molar-refractivity contribution in [2.75, 3.05) is 13.1 Å². The summed E-state index contributed by atoms with van der Waals surface area (Å²) in [6.45, 7) is 3.71. The number of carbonyl (C=O) groups excluding carboxylic acids is 1. The summed E-state index contributed by atoms with van der Waals surface area (Å²) >= 11 is 0. The Hall–Kier alpha value is -1.10. The van der Waals surface area contributed by atoms with E-state index >= 15 is 0 Å². The van der Waals surface area contributed by atoms with Crippen molar-refractivity contribution < 1.29 is 14.7 Å². The molecule has 0 spiro atoms. The Morgan fingerprint density at radius 3 is 2.50 bits per heavy atom. The average molecular weight is 254 g/mol. The molecule has 18 heavy (non-hydrogen) atoms. The van der Waals surface area contributed by atoms with E-state index in [4.69, 9.17) is 5.11 Å².